The van der Waals surface area contributed by atoms with E-state index in [1.54, 1.807) is 14.2 Å². The van der Waals surface area contributed by atoms with Crippen LogP contribution in [-0.4, -0.2) is 14.2 Å². The number of rotatable bonds is 3. The van der Waals surface area contributed by atoms with Crippen LogP contribution in [0.2, 0.25) is 0 Å². The van der Waals surface area contributed by atoms with Crippen LogP contribution in [0, 0.1) is 0 Å². The van der Waals surface area contributed by atoms with Gasteiger partial charge in [-0.3, -0.25) is 0 Å². The Morgan fingerprint density at radius 1 is 1.25 bits per heavy atom. The fourth-order valence-electron chi connectivity index (χ4n) is 1.99. The van der Waals surface area contributed by atoms with E-state index < -0.39 is 0 Å². The van der Waals surface area contributed by atoms with Gasteiger partial charge in [0.15, 0.2) is 11.5 Å². The van der Waals surface area contributed by atoms with Gasteiger partial charge in [-0.05, 0) is 24.1 Å². The molecule has 0 spiro atoms. The average molecular weight is 219 g/mol. The van der Waals surface area contributed by atoms with Gasteiger partial charge < -0.3 is 14.8 Å². The van der Waals surface area contributed by atoms with Crippen molar-refractivity contribution in [3.05, 3.63) is 29.3 Å². The summed E-state index contributed by atoms with van der Waals surface area (Å²) in [6, 6.07) is 4.08. The molecule has 1 aromatic rings. The summed E-state index contributed by atoms with van der Waals surface area (Å²) in [7, 11) is 3.32. The van der Waals surface area contributed by atoms with E-state index in [1.807, 2.05) is 12.1 Å². The highest BCUT2D eigenvalue weighted by Crippen LogP contribution is 2.35. The van der Waals surface area contributed by atoms with E-state index in [9.17, 15) is 0 Å². The molecule has 0 radical (unpaired) electrons. The van der Waals surface area contributed by atoms with Gasteiger partial charge in [0, 0.05) is 17.8 Å². The lowest BCUT2D eigenvalue weighted by Crippen LogP contribution is -1.99. The van der Waals surface area contributed by atoms with E-state index in [1.165, 1.54) is 16.8 Å². The predicted molar refractivity (Wildman–Crippen MR) is 64.7 cm³/mol. The Kier molecular flexibility index (Phi) is 3.04. The van der Waals surface area contributed by atoms with E-state index in [2.05, 4.69) is 18.3 Å². The summed E-state index contributed by atoms with van der Waals surface area (Å²) < 4.78 is 10.6. The third kappa shape index (κ3) is 1.73. The normalized spacial score (nSPS) is 15.8. The zero-order chi connectivity index (χ0) is 11.5. The van der Waals surface area contributed by atoms with Gasteiger partial charge in [-0.15, -0.1) is 0 Å². The van der Waals surface area contributed by atoms with Crippen LogP contribution in [-0.2, 0) is 6.54 Å². The largest absolute Gasteiger partial charge is 0.493 e. The maximum absolute atomic E-state index is 5.31. The van der Waals surface area contributed by atoms with E-state index in [4.69, 9.17) is 9.47 Å². The minimum Gasteiger partial charge on any atom is -0.493 e. The summed E-state index contributed by atoms with van der Waals surface area (Å²) in [6.07, 6.45) is 3.22. The third-order valence-corrected chi connectivity index (χ3v) is 2.78. The highest BCUT2D eigenvalue weighted by atomic mass is 16.5. The lowest BCUT2D eigenvalue weighted by Gasteiger charge is -2.09. The van der Waals surface area contributed by atoms with E-state index >= 15 is 0 Å². The van der Waals surface area contributed by atoms with Crippen molar-refractivity contribution in [3.63, 3.8) is 0 Å². The molecule has 3 nitrogen and oxygen atoms in total. The molecule has 0 saturated carbocycles. The second kappa shape index (κ2) is 4.47. The Balaban J connectivity index is 2.48. The molecule has 0 aliphatic carbocycles. The van der Waals surface area contributed by atoms with Gasteiger partial charge in [-0.25, -0.2) is 0 Å². The molecule has 0 fully saturated rings. The summed E-state index contributed by atoms with van der Waals surface area (Å²) in [6.45, 7) is 2.99. The summed E-state index contributed by atoms with van der Waals surface area (Å²) in [5.74, 6) is 1.58. The molecule has 0 bridgehead atoms. The van der Waals surface area contributed by atoms with Crippen LogP contribution >= 0.6 is 0 Å². The number of ether oxygens (including phenoxy) is 2. The Morgan fingerprint density at radius 3 is 2.56 bits per heavy atom. The minimum atomic E-state index is 0.784. The molecule has 1 aliphatic heterocycles. The molecule has 2 rings (SSSR count). The molecule has 0 aromatic heterocycles. The summed E-state index contributed by atoms with van der Waals surface area (Å²) in [4.78, 5) is 0. The summed E-state index contributed by atoms with van der Waals surface area (Å²) in [5.41, 5.74) is 3.68. The quantitative estimate of drug-likeness (QED) is 0.847. The van der Waals surface area contributed by atoms with E-state index in [0.717, 1.165) is 24.5 Å². The molecule has 0 atom stereocenters. The van der Waals surface area contributed by atoms with Crippen LogP contribution in [0.15, 0.2) is 18.2 Å². The molecule has 1 N–H and O–H groups in total. The SMILES string of the molecule is CC/C=C1\NCc2cc(OC)c(OC)cc21. The van der Waals surface area contributed by atoms with Gasteiger partial charge in [-0.2, -0.15) is 0 Å². The fourth-order valence-corrected chi connectivity index (χ4v) is 1.99. The van der Waals surface area contributed by atoms with Crippen molar-refractivity contribution in [2.75, 3.05) is 14.2 Å². The number of nitrogens with one attached hydrogen (secondary N) is 1. The number of fused-ring (bicyclic) bond motifs is 1. The molecule has 0 saturated heterocycles. The lowest BCUT2D eigenvalue weighted by atomic mass is 10.1. The van der Waals surface area contributed by atoms with Gasteiger partial charge in [0.2, 0.25) is 0 Å². The first kappa shape index (κ1) is 10.9. The van der Waals surface area contributed by atoms with Crippen LogP contribution in [0.4, 0.5) is 0 Å². The number of hydrogen-bond acceptors (Lipinski definition) is 3. The van der Waals surface area contributed by atoms with Crippen molar-refractivity contribution in [2.24, 2.45) is 0 Å². The van der Waals surface area contributed by atoms with Crippen LogP contribution in [0.25, 0.3) is 5.70 Å². The molecule has 0 unspecified atom stereocenters. The lowest BCUT2D eigenvalue weighted by molar-refractivity contribution is 0.354. The van der Waals surface area contributed by atoms with Crippen LogP contribution in [0.1, 0.15) is 24.5 Å². The molecular formula is C13H17NO2. The van der Waals surface area contributed by atoms with Gasteiger partial charge in [0.05, 0.1) is 14.2 Å². The number of allylic oxidation sites excluding steroid dienone is 1. The minimum absolute atomic E-state index is 0.784. The third-order valence-electron chi connectivity index (χ3n) is 2.78. The topological polar surface area (TPSA) is 30.5 Å². The first-order valence-corrected chi connectivity index (χ1v) is 5.49. The van der Waals surface area contributed by atoms with Crippen molar-refractivity contribution in [1.82, 2.24) is 5.32 Å². The molecule has 16 heavy (non-hydrogen) atoms. The Morgan fingerprint density at radius 2 is 1.94 bits per heavy atom. The molecule has 0 amide bonds. The van der Waals surface area contributed by atoms with Gasteiger partial charge >= 0.3 is 0 Å². The molecule has 86 valence electrons. The second-order valence-corrected chi connectivity index (χ2v) is 3.74. The maximum Gasteiger partial charge on any atom is 0.161 e. The van der Waals surface area contributed by atoms with Gasteiger partial charge in [0.25, 0.3) is 0 Å². The Bertz CT molecular complexity index is 424. The monoisotopic (exact) mass is 219 g/mol. The smallest absolute Gasteiger partial charge is 0.161 e. The van der Waals surface area contributed by atoms with Crippen LogP contribution in [0.3, 0.4) is 0 Å². The highest BCUT2D eigenvalue weighted by Gasteiger charge is 2.18. The number of benzene rings is 1. The van der Waals surface area contributed by atoms with E-state index in [-0.39, 0.29) is 0 Å². The van der Waals surface area contributed by atoms with Gasteiger partial charge in [0.1, 0.15) is 0 Å². The van der Waals surface area contributed by atoms with Crippen molar-refractivity contribution in [2.45, 2.75) is 19.9 Å². The first-order chi connectivity index (χ1) is 7.80. The van der Waals surface area contributed by atoms with Gasteiger partial charge in [-0.1, -0.05) is 13.0 Å². The van der Waals surface area contributed by atoms with Crippen LogP contribution < -0.4 is 14.8 Å². The predicted octanol–water partition coefficient (Wildman–Crippen LogP) is 2.56. The zero-order valence-corrected chi connectivity index (χ0v) is 9.96. The summed E-state index contributed by atoms with van der Waals surface area (Å²) in [5, 5.41) is 3.38. The van der Waals surface area contributed by atoms with Crippen molar-refractivity contribution in [3.8, 4) is 11.5 Å². The zero-order valence-electron chi connectivity index (χ0n) is 9.96. The van der Waals surface area contributed by atoms with Crippen molar-refractivity contribution < 1.29 is 9.47 Å². The Hall–Kier alpha value is -1.64. The molecule has 1 aliphatic rings. The van der Waals surface area contributed by atoms with Crippen molar-refractivity contribution >= 4 is 5.70 Å². The van der Waals surface area contributed by atoms with Crippen molar-refractivity contribution in [1.29, 1.82) is 0 Å². The molecule has 3 heteroatoms. The van der Waals surface area contributed by atoms with Crippen LogP contribution in [0.5, 0.6) is 11.5 Å². The Labute approximate surface area is 96.1 Å². The molecule has 1 heterocycles. The first-order valence-electron chi connectivity index (χ1n) is 5.49. The average Bonchev–Trinajstić information content (AvgIpc) is 2.70. The maximum atomic E-state index is 5.31. The molecular weight excluding hydrogens is 202 g/mol. The second-order valence-electron chi connectivity index (χ2n) is 3.74. The standard InChI is InChI=1S/C13H17NO2/c1-4-5-11-10-7-13(16-3)12(15-2)6-9(10)8-14-11/h5-7,14H,4,8H2,1-3H3/b11-5-. The fraction of sp³-hybridized carbons (Fsp3) is 0.385. The molecule has 1 aromatic carbocycles. The summed E-state index contributed by atoms with van der Waals surface area (Å²) >= 11 is 0. The van der Waals surface area contributed by atoms with E-state index in [0.29, 0.717) is 0 Å². The highest BCUT2D eigenvalue weighted by molar-refractivity contribution is 5.73. The number of hydrogen-bond donors (Lipinski definition) is 1. The number of methoxy groups -OCH3 is 2.